The van der Waals surface area contributed by atoms with Gasteiger partial charge >= 0.3 is 0 Å². The molecule has 0 bridgehead atoms. The molecule has 0 saturated carbocycles. The Morgan fingerprint density at radius 2 is 2.05 bits per heavy atom. The van der Waals surface area contributed by atoms with Crippen molar-refractivity contribution in [3.8, 4) is 0 Å². The van der Waals surface area contributed by atoms with Crippen LogP contribution in [0.2, 0.25) is 0 Å². The van der Waals surface area contributed by atoms with Crippen LogP contribution in [0.15, 0.2) is 24.3 Å². The Morgan fingerprint density at radius 1 is 1.40 bits per heavy atom. The predicted octanol–water partition coefficient (Wildman–Crippen LogP) is 1.93. The lowest BCUT2D eigenvalue weighted by atomic mass is 9.78. The number of benzene rings is 1. The lowest BCUT2D eigenvalue weighted by Crippen LogP contribution is -2.51. The molecule has 1 aromatic rings. The lowest BCUT2D eigenvalue weighted by molar-refractivity contribution is -0.133. The summed E-state index contributed by atoms with van der Waals surface area (Å²) in [5, 5.41) is 0. The second kappa shape index (κ2) is 6.33. The second-order valence-corrected chi connectivity index (χ2v) is 5.10. The third kappa shape index (κ3) is 2.69. The second-order valence-electron chi connectivity index (χ2n) is 5.10. The largest absolute Gasteiger partial charge is 0.381 e. The van der Waals surface area contributed by atoms with Gasteiger partial charge < -0.3 is 15.4 Å². The highest BCUT2D eigenvalue weighted by Gasteiger charge is 2.41. The summed E-state index contributed by atoms with van der Waals surface area (Å²) in [6.07, 6.45) is 1.18. The number of ether oxygens (including phenoxy) is 1. The molecule has 0 aliphatic carbocycles. The van der Waals surface area contributed by atoms with Crippen molar-refractivity contribution in [2.75, 3.05) is 31.2 Å². The number of carbonyl (C=O) groups is 1. The van der Waals surface area contributed by atoms with E-state index >= 15 is 0 Å². The molecule has 0 spiro atoms. The van der Waals surface area contributed by atoms with E-state index in [4.69, 9.17) is 10.5 Å². The van der Waals surface area contributed by atoms with Crippen LogP contribution < -0.4 is 10.6 Å². The van der Waals surface area contributed by atoms with Gasteiger partial charge in [0.25, 0.3) is 0 Å². The van der Waals surface area contributed by atoms with Gasteiger partial charge in [-0.1, -0.05) is 12.1 Å². The maximum atomic E-state index is 13.9. The number of hydrogen-bond acceptors (Lipinski definition) is 3. The zero-order valence-corrected chi connectivity index (χ0v) is 11.8. The SMILES string of the molecule is CCN(C(=O)C1(CN)CCOCC1)c1ccccc1F. The molecule has 1 heterocycles. The Morgan fingerprint density at radius 3 is 2.60 bits per heavy atom. The molecule has 5 heteroatoms. The van der Waals surface area contributed by atoms with Crippen molar-refractivity contribution in [2.45, 2.75) is 19.8 Å². The molecular formula is C15H21FN2O2. The van der Waals surface area contributed by atoms with Crippen molar-refractivity contribution in [1.82, 2.24) is 0 Å². The van der Waals surface area contributed by atoms with Gasteiger partial charge in [0, 0.05) is 26.3 Å². The number of halogens is 1. The van der Waals surface area contributed by atoms with Crippen molar-refractivity contribution >= 4 is 11.6 Å². The molecule has 2 rings (SSSR count). The van der Waals surface area contributed by atoms with Gasteiger partial charge in [-0.05, 0) is 31.9 Å². The molecule has 4 nitrogen and oxygen atoms in total. The Bertz CT molecular complexity index is 473. The number of amides is 1. The Hall–Kier alpha value is -1.46. The van der Waals surface area contributed by atoms with Crippen LogP contribution in [0.5, 0.6) is 0 Å². The van der Waals surface area contributed by atoms with Gasteiger partial charge in [-0.25, -0.2) is 4.39 Å². The van der Waals surface area contributed by atoms with E-state index in [2.05, 4.69) is 0 Å². The zero-order valence-electron chi connectivity index (χ0n) is 11.8. The van der Waals surface area contributed by atoms with Crippen LogP contribution >= 0.6 is 0 Å². The fraction of sp³-hybridized carbons (Fsp3) is 0.533. The maximum Gasteiger partial charge on any atom is 0.234 e. The first kappa shape index (κ1) is 14.9. The van der Waals surface area contributed by atoms with Crippen LogP contribution in [0.1, 0.15) is 19.8 Å². The summed E-state index contributed by atoms with van der Waals surface area (Å²) in [5.41, 5.74) is 5.54. The molecule has 1 aromatic carbocycles. The molecule has 1 saturated heterocycles. The van der Waals surface area contributed by atoms with E-state index in [1.54, 1.807) is 18.2 Å². The van der Waals surface area contributed by atoms with E-state index in [1.165, 1.54) is 11.0 Å². The van der Waals surface area contributed by atoms with Gasteiger partial charge in [0.2, 0.25) is 5.91 Å². The van der Waals surface area contributed by atoms with Crippen LogP contribution in [-0.4, -0.2) is 32.2 Å². The van der Waals surface area contributed by atoms with E-state index in [9.17, 15) is 9.18 Å². The summed E-state index contributed by atoms with van der Waals surface area (Å²) < 4.78 is 19.3. The number of hydrogen-bond donors (Lipinski definition) is 1. The summed E-state index contributed by atoms with van der Waals surface area (Å²) >= 11 is 0. The van der Waals surface area contributed by atoms with Crippen LogP contribution in [-0.2, 0) is 9.53 Å². The average Bonchev–Trinajstić information content (AvgIpc) is 2.50. The highest BCUT2D eigenvalue weighted by atomic mass is 19.1. The number of rotatable bonds is 4. The first-order chi connectivity index (χ1) is 9.64. The molecule has 0 atom stereocenters. The van der Waals surface area contributed by atoms with Crippen molar-refractivity contribution in [3.05, 3.63) is 30.1 Å². The molecule has 0 aromatic heterocycles. The molecule has 1 aliphatic rings. The summed E-state index contributed by atoms with van der Waals surface area (Å²) in [4.78, 5) is 14.4. The molecule has 2 N–H and O–H groups in total. The summed E-state index contributed by atoms with van der Waals surface area (Å²) in [5.74, 6) is -0.488. The third-order valence-corrected chi connectivity index (χ3v) is 4.00. The Kier molecular flexibility index (Phi) is 4.73. The van der Waals surface area contributed by atoms with Crippen LogP contribution in [0.4, 0.5) is 10.1 Å². The average molecular weight is 280 g/mol. The highest BCUT2D eigenvalue weighted by Crippen LogP contribution is 2.34. The predicted molar refractivity (Wildman–Crippen MR) is 76.0 cm³/mol. The Labute approximate surface area is 118 Å². The fourth-order valence-corrected chi connectivity index (χ4v) is 2.65. The standard InChI is InChI=1S/C15H21FN2O2/c1-2-18(13-6-4-3-5-12(13)16)14(19)15(11-17)7-9-20-10-8-15/h3-6H,2,7-11,17H2,1H3. The summed E-state index contributed by atoms with van der Waals surface area (Å²) in [6, 6.07) is 6.34. The van der Waals surface area contributed by atoms with Gasteiger partial charge in [-0.15, -0.1) is 0 Å². The Balaban J connectivity index is 2.31. The number of nitrogens with zero attached hydrogens (tertiary/aromatic N) is 1. The monoisotopic (exact) mass is 280 g/mol. The molecule has 1 fully saturated rings. The van der Waals surface area contributed by atoms with Gasteiger partial charge in [0.1, 0.15) is 5.82 Å². The minimum Gasteiger partial charge on any atom is -0.381 e. The summed E-state index contributed by atoms with van der Waals surface area (Å²) in [7, 11) is 0. The molecule has 1 amide bonds. The van der Waals surface area contributed by atoms with E-state index in [-0.39, 0.29) is 18.3 Å². The molecule has 0 radical (unpaired) electrons. The van der Waals surface area contributed by atoms with Gasteiger partial charge in [0.05, 0.1) is 11.1 Å². The molecular weight excluding hydrogens is 259 g/mol. The van der Waals surface area contributed by atoms with Gasteiger partial charge in [0.15, 0.2) is 0 Å². The smallest absolute Gasteiger partial charge is 0.234 e. The van der Waals surface area contributed by atoms with Crippen LogP contribution in [0.3, 0.4) is 0 Å². The van der Waals surface area contributed by atoms with Crippen LogP contribution in [0, 0.1) is 11.2 Å². The van der Waals surface area contributed by atoms with E-state index in [1.807, 2.05) is 6.92 Å². The van der Waals surface area contributed by atoms with E-state index < -0.39 is 5.41 Å². The molecule has 0 unspecified atom stereocenters. The first-order valence-corrected chi connectivity index (χ1v) is 6.99. The van der Waals surface area contributed by atoms with Gasteiger partial charge in [-0.2, -0.15) is 0 Å². The van der Waals surface area contributed by atoms with E-state index in [0.29, 0.717) is 38.3 Å². The molecule has 110 valence electrons. The molecule has 20 heavy (non-hydrogen) atoms. The van der Waals surface area contributed by atoms with Crippen molar-refractivity contribution in [3.63, 3.8) is 0 Å². The number of nitrogens with two attached hydrogens (primary N) is 1. The number of anilines is 1. The highest BCUT2D eigenvalue weighted by molar-refractivity contribution is 5.98. The van der Waals surface area contributed by atoms with Crippen LogP contribution in [0.25, 0.3) is 0 Å². The summed E-state index contributed by atoms with van der Waals surface area (Å²) in [6.45, 7) is 3.58. The van der Waals surface area contributed by atoms with Gasteiger partial charge in [-0.3, -0.25) is 4.79 Å². The quantitative estimate of drug-likeness (QED) is 0.917. The minimum atomic E-state index is -0.628. The van der Waals surface area contributed by atoms with Crippen molar-refractivity contribution in [1.29, 1.82) is 0 Å². The first-order valence-electron chi connectivity index (χ1n) is 6.99. The van der Waals surface area contributed by atoms with Crippen molar-refractivity contribution in [2.24, 2.45) is 11.1 Å². The van der Waals surface area contributed by atoms with Crippen molar-refractivity contribution < 1.29 is 13.9 Å². The minimum absolute atomic E-state index is 0.101. The fourth-order valence-electron chi connectivity index (χ4n) is 2.65. The normalized spacial score (nSPS) is 17.8. The lowest BCUT2D eigenvalue weighted by Gasteiger charge is -2.38. The zero-order chi connectivity index (χ0) is 14.6. The van der Waals surface area contributed by atoms with E-state index in [0.717, 1.165) is 0 Å². The number of para-hydroxylation sites is 1. The number of carbonyl (C=O) groups excluding carboxylic acids is 1. The third-order valence-electron chi connectivity index (χ3n) is 4.00. The topological polar surface area (TPSA) is 55.6 Å². The maximum absolute atomic E-state index is 13.9. The molecule has 1 aliphatic heterocycles.